The smallest absolute Gasteiger partial charge is 0.229 e. The molecule has 11 heteroatoms. The van der Waals surface area contributed by atoms with E-state index in [1.54, 1.807) is 31.3 Å². The molecule has 150 valence electrons. The summed E-state index contributed by atoms with van der Waals surface area (Å²) in [4.78, 5) is 3.85. The van der Waals surface area contributed by atoms with Crippen LogP contribution in [0.25, 0.3) is 0 Å². The van der Waals surface area contributed by atoms with E-state index >= 15 is 0 Å². The second kappa shape index (κ2) is 9.71. The van der Waals surface area contributed by atoms with Crippen LogP contribution in [0.1, 0.15) is 12.0 Å². The molecule has 0 aliphatic carbocycles. The quantitative estimate of drug-likeness (QED) is 0.190. The second-order valence-corrected chi connectivity index (χ2v) is 5.94. The zero-order valence-corrected chi connectivity index (χ0v) is 14.7. The van der Waals surface area contributed by atoms with E-state index in [9.17, 15) is 15.3 Å². The van der Waals surface area contributed by atoms with Gasteiger partial charge in [-0.3, -0.25) is 15.4 Å². The molecule has 5 atom stereocenters. The molecule has 7 N–H and O–H groups in total. The standard InChI is InChI=1S/C16H24N4O7/c1-18-8-11(19-17)9-2-4-10(5-3-9)26-16-15(23)14(22)13(21)12(27-16)6-7-20(24)25/h2-5,8,12-16,21-25H,6-7,17H2,1H3/b18-8?,19-11+/t12?,13-,14?,15?,16+/m1/s1. The van der Waals surface area contributed by atoms with Gasteiger partial charge in [-0.1, -0.05) is 5.23 Å². The molecular weight excluding hydrogens is 360 g/mol. The molecule has 1 aliphatic heterocycles. The molecule has 1 aromatic carbocycles. The Morgan fingerprint density at radius 2 is 1.85 bits per heavy atom. The molecule has 1 fully saturated rings. The monoisotopic (exact) mass is 384 g/mol. The Morgan fingerprint density at radius 3 is 2.41 bits per heavy atom. The zero-order valence-electron chi connectivity index (χ0n) is 14.7. The molecule has 0 amide bonds. The molecular formula is C16H24N4O7. The lowest BCUT2D eigenvalue weighted by Crippen LogP contribution is -2.59. The van der Waals surface area contributed by atoms with E-state index in [2.05, 4.69) is 10.1 Å². The molecule has 1 aromatic rings. The Hall–Kier alpha value is -2.12. The van der Waals surface area contributed by atoms with Crippen molar-refractivity contribution in [3.05, 3.63) is 29.8 Å². The predicted octanol–water partition coefficient (Wildman–Crippen LogP) is -1.29. The second-order valence-electron chi connectivity index (χ2n) is 5.94. The summed E-state index contributed by atoms with van der Waals surface area (Å²) in [7, 11) is 1.59. The van der Waals surface area contributed by atoms with Gasteiger partial charge in [-0.05, 0) is 30.7 Å². The number of hydrogen-bond donors (Lipinski definition) is 6. The predicted molar refractivity (Wildman–Crippen MR) is 93.8 cm³/mol. The number of aliphatic hydroxyl groups excluding tert-OH is 3. The van der Waals surface area contributed by atoms with Crippen LogP contribution < -0.4 is 10.6 Å². The van der Waals surface area contributed by atoms with E-state index in [4.69, 9.17) is 25.7 Å². The van der Waals surface area contributed by atoms with E-state index < -0.39 is 30.7 Å². The Bertz CT molecular complexity index is 653. The average Bonchev–Trinajstić information content (AvgIpc) is 2.66. The van der Waals surface area contributed by atoms with Crippen LogP contribution in [0.5, 0.6) is 5.75 Å². The summed E-state index contributed by atoms with van der Waals surface area (Å²) in [5.74, 6) is 5.65. The Labute approximate surface area is 155 Å². The summed E-state index contributed by atoms with van der Waals surface area (Å²) >= 11 is 0. The van der Waals surface area contributed by atoms with Crippen molar-refractivity contribution >= 4 is 11.9 Å². The highest BCUT2D eigenvalue weighted by Crippen LogP contribution is 2.26. The minimum absolute atomic E-state index is 0.0105. The maximum Gasteiger partial charge on any atom is 0.229 e. The van der Waals surface area contributed by atoms with Crippen molar-refractivity contribution in [3.63, 3.8) is 0 Å². The molecule has 2 rings (SSSR count). The Kier molecular flexibility index (Phi) is 7.62. The van der Waals surface area contributed by atoms with Gasteiger partial charge in [0.1, 0.15) is 29.8 Å². The molecule has 1 aliphatic rings. The average molecular weight is 384 g/mol. The summed E-state index contributed by atoms with van der Waals surface area (Å²) in [6.07, 6.45) is -5.16. The number of nitrogens with two attached hydrogens (primary N) is 1. The van der Waals surface area contributed by atoms with Gasteiger partial charge in [-0.2, -0.15) is 5.10 Å². The van der Waals surface area contributed by atoms with Crippen molar-refractivity contribution < 1.29 is 35.2 Å². The third-order valence-corrected chi connectivity index (χ3v) is 4.07. The number of hydroxylamine groups is 2. The molecule has 11 nitrogen and oxygen atoms in total. The Morgan fingerprint density at radius 1 is 1.19 bits per heavy atom. The fourth-order valence-corrected chi connectivity index (χ4v) is 2.64. The van der Waals surface area contributed by atoms with Crippen molar-refractivity contribution in [2.45, 2.75) is 37.1 Å². The normalized spacial score (nSPS) is 29.4. The summed E-state index contributed by atoms with van der Waals surface area (Å²) in [5, 5.41) is 51.2. The molecule has 0 radical (unpaired) electrons. The van der Waals surface area contributed by atoms with Gasteiger partial charge in [-0.25, -0.2) is 0 Å². The highest BCUT2D eigenvalue weighted by Gasteiger charge is 2.44. The maximum absolute atomic E-state index is 10.1. The van der Waals surface area contributed by atoms with Crippen LogP contribution in [0.3, 0.4) is 0 Å². The SMILES string of the molecule is CN=C/C(=N\N)c1ccc(O[C@H]2OC(CCN(O)O)[C@@H](O)C(O)C2O)cc1. The lowest BCUT2D eigenvalue weighted by molar-refractivity contribution is -0.317. The third-order valence-electron chi connectivity index (χ3n) is 4.07. The zero-order chi connectivity index (χ0) is 20.0. The van der Waals surface area contributed by atoms with E-state index in [-0.39, 0.29) is 18.2 Å². The van der Waals surface area contributed by atoms with Gasteiger partial charge in [0.05, 0.1) is 12.6 Å². The maximum atomic E-state index is 10.1. The summed E-state index contributed by atoms with van der Waals surface area (Å²) in [6.45, 7) is -0.230. The van der Waals surface area contributed by atoms with E-state index in [1.807, 2.05) is 0 Å². The fourth-order valence-electron chi connectivity index (χ4n) is 2.64. The van der Waals surface area contributed by atoms with Gasteiger partial charge in [0.25, 0.3) is 0 Å². The number of aliphatic imine (C=N–C) groups is 1. The number of aliphatic hydroxyl groups is 3. The van der Waals surface area contributed by atoms with Crippen LogP contribution in [0, 0.1) is 0 Å². The number of hydrogen-bond acceptors (Lipinski definition) is 11. The van der Waals surface area contributed by atoms with Crippen molar-refractivity contribution in [2.24, 2.45) is 15.9 Å². The minimum atomic E-state index is -1.52. The van der Waals surface area contributed by atoms with Crippen LogP contribution in [0.2, 0.25) is 0 Å². The van der Waals surface area contributed by atoms with E-state index in [0.29, 0.717) is 17.0 Å². The first-order valence-electron chi connectivity index (χ1n) is 8.19. The molecule has 0 spiro atoms. The molecule has 0 bridgehead atoms. The number of nitrogens with zero attached hydrogens (tertiary/aromatic N) is 3. The van der Waals surface area contributed by atoms with Crippen LogP contribution in [-0.4, -0.2) is 87.2 Å². The van der Waals surface area contributed by atoms with Gasteiger partial charge >= 0.3 is 0 Å². The van der Waals surface area contributed by atoms with Gasteiger partial charge < -0.3 is 30.6 Å². The van der Waals surface area contributed by atoms with Gasteiger partial charge in [0.15, 0.2) is 0 Å². The van der Waals surface area contributed by atoms with Crippen LogP contribution in [0.4, 0.5) is 0 Å². The van der Waals surface area contributed by atoms with Crippen molar-refractivity contribution in [3.8, 4) is 5.75 Å². The van der Waals surface area contributed by atoms with Crippen LogP contribution in [-0.2, 0) is 4.74 Å². The molecule has 27 heavy (non-hydrogen) atoms. The number of rotatable bonds is 7. The first-order valence-corrected chi connectivity index (χ1v) is 8.19. The minimum Gasteiger partial charge on any atom is -0.462 e. The lowest BCUT2D eigenvalue weighted by Gasteiger charge is -2.40. The fraction of sp³-hybridized carbons (Fsp3) is 0.500. The van der Waals surface area contributed by atoms with Crippen LogP contribution >= 0.6 is 0 Å². The van der Waals surface area contributed by atoms with Crippen molar-refractivity contribution in [1.82, 2.24) is 5.23 Å². The summed E-state index contributed by atoms with van der Waals surface area (Å²) in [6, 6.07) is 6.54. The molecule has 3 unspecified atom stereocenters. The number of benzene rings is 1. The van der Waals surface area contributed by atoms with E-state index in [1.165, 1.54) is 6.21 Å². The summed E-state index contributed by atoms with van der Waals surface area (Å²) in [5.41, 5.74) is 1.16. The lowest BCUT2D eigenvalue weighted by atomic mass is 9.97. The third kappa shape index (κ3) is 5.43. The van der Waals surface area contributed by atoms with Gasteiger partial charge in [-0.15, -0.1) is 0 Å². The Balaban J connectivity index is 2.08. The topological polar surface area (TPSA) is 174 Å². The summed E-state index contributed by atoms with van der Waals surface area (Å²) < 4.78 is 11.0. The highest BCUT2D eigenvalue weighted by molar-refractivity contribution is 6.38. The van der Waals surface area contributed by atoms with Crippen LogP contribution in [0.15, 0.2) is 34.4 Å². The highest BCUT2D eigenvalue weighted by atomic mass is 16.8. The first-order chi connectivity index (χ1) is 12.9. The van der Waals surface area contributed by atoms with Gasteiger partial charge in [0, 0.05) is 18.8 Å². The molecule has 1 heterocycles. The number of hydrazone groups is 1. The van der Waals surface area contributed by atoms with Crippen molar-refractivity contribution in [1.29, 1.82) is 0 Å². The largest absolute Gasteiger partial charge is 0.462 e. The molecule has 1 saturated heterocycles. The molecule has 0 saturated carbocycles. The first kappa shape index (κ1) is 21.2. The van der Waals surface area contributed by atoms with E-state index in [0.717, 1.165) is 0 Å². The van der Waals surface area contributed by atoms with Crippen molar-refractivity contribution in [2.75, 3.05) is 13.6 Å². The van der Waals surface area contributed by atoms with Gasteiger partial charge in [0.2, 0.25) is 6.29 Å². The molecule has 0 aromatic heterocycles. The number of ether oxygens (including phenoxy) is 2.